The summed E-state index contributed by atoms with van der Waals surface area (Å²) in [5, 5.41) is 0. The smallest absolute Gasteiger partial charge is 0.410 e. The van der Waals surface area contributed by atoms with Crippen molar-refractivity contribution < 1.29 is 14.3 Å². The second-order valence-electron chi connectivity index (χ2n) is 6.86. The number of nitrogens with two attached hydrogens (primary N) is 1. The lowest BCUT2D eigenvalue weighted by molar-refractivity contribution is -0.133. The number of carbonyl (C=O) groups is 2. The number of hydrogen-bond donors (Lipinski definition) is 1. The molecule has 0 unspecified atom stereocenters. The van der Waals surface area contributed by atoms with Gasteiger partial charge in [-0.15, -0.1) is 0 Å². The molecule has 1 saturated carbocycles. The molecule has 1 aliphatic heterocycles. The van der Waals surface area contributed by atoms with Crippen molar-refractivity contribution in [1.82, 2.24) is 9.80 Å². The number of nitrogens with zero attached hydrogens (tertiary/aromatic N) is 2. The maximum absolute atomic E-state index is 12.6. The van der Waals surface area contributed by atoms with Gasteiger partial charge in [-0.25, -0.2) is 4.79 Å². The SMILES string of the molecule is NCC(=O)N1CCCC[C@H]1CN(C(=O)OCc1ccccc1)C1CC1. The van der Waals surface area contributed by atoms with Crippen molar-refractivity contribution in [2.75, 3.05) is 19.6 Å². The van der Waals surface area contributed by atoms with E-state index in [4.69, 9.17) is 10.5 Å². The van der Waals surface area contributed by atoms with Crippen molar-refractivity contribution in [1.29, 1.82) is 0 Å². The first kappa shape index (κ1) is 17.7. The molecule has 1 atom stereocenters. The lowest BCUT2D eigenvalue weighted by Gasteiger charge is -2.38. The van der Waals surface area contributed by atoms with Crippen molar-refractivity contribution >= 4 is 12.0 Å². The number of piperidine rings is 1. The number of likely N-dealkylation sites (tertiary alicyclic amines) is 1. The van der Waals surface area contributed by atoms with Crippen LogP contribution in [-0.4, -0.2) is 53.5 Å². The molecular weight excluding hydrogens is 318 g/mol. The molecule has 0 aromatic heterocycles. The van der Waals surface area contributed by atoms with E-state index in [2.05, 4.69) is 0 Å². The molecule has 25 heavy (non-hydrogen) atoms. The van der Waals surface area contributed by atoms with Gasteiger partial charge in [0.15, 0.2) is 0 Å². The van der Waals surface area contributed by atoms with Crippen molar-refractivity contribution in [3.8, 4) is 0 Å². The molecule has 3 rings (SSSR count). The average molecular weight is 345 g/mol. The van der Waals surface area contributed by atoms with E-state index in [0.29, 0.717) is 6.54 Å². The Balaban J connectivity index is 1.60. The van der Waals surface area contributed by atoms with Gasteiger partial charge in [0.1, 0.15) is 6.61 Å². The van der Waals surface area contributed by atoms with Crippen LogP contribution in [0.15, 0.2) is 30.3 Å². The van der Waals surface area contributed by atoms with Gasteiger partial charge in [-0.05, 0) is 37.7 Å². The first-order valence-electron chi connectivity index (χ1n) is 9.16. The quantitative estimate of drug-likeness (QED) is 0.857. The molecule has 0 spiro atoms. The molecule has 0 radical (unpaired) electrons. The van der Waals surface area contributed by atoms with E-state index in [9.17, 15) is 9.59 Å². The van der Waals surface area contributed by atoms with Crippen molar-refractivity contribution in [2.24, 2.45) is 5.73 Å². The largest absolute Gasteiger partial charge is 0.445 e. The predicted octanol–water partition coefficient (Wildman–Crippen LogP) is 2.13. The molecule has 2 fully saturated rings. The Morgan fingerprint density at radius 1 is 1.16 bits per heavy atom. The number of ether oxygens (including phenoxy) is 1. The van der Waals surface area contributed by atoms with Gasteiger partial charge in [-0.3, -0.25) is 4.79 Å². The van der Waals surface area contributed by atoms with Gasteiger partial charge in [0, 0.05) is 25.2 Å². The number of amides is 2. The predicted molar refractivity (Wildman–Crippen MR) is 94.8 cm³/mol. The van der Waals surface area contributed by atoms with Gasteiger partial charge in [0.25, 0.3) is 0 Å². The number of benzene rings is 1. The van der Waals surface area contributed by atoms with E-state index < -0.39 is 0 Å². The summed E-state index contributed by atoms with van der Waals surface area (Å²) in [5.41, 5.74) is 6.52. The molecule has 1 aliphatic carbocycles. The fourth-order valence-corrected chi connectivity index (χ4v) is 3.42. The third-order valence-electron chi connectivity index (χ3n) is 4.96. The molecule has 1 aromatic rings. The first-order valence-corrected chi connectivity index (χ1v) is 9.16. The third kappa shape index (κ3) is 4.72. The average Bonchev–Trinajstić information content (AvgIpc) is 3.49. The number of hydrogen-bond acceptors (Lipinski definition) is 4. The molecule has 0 bridgehead atoms. The van der Waals surface area contributed by atoms with E-state index in [1.54, 1.807) is 0 Å². The van der Waals surface area contributed by atoms with Crippen LogP contribution >= 0.6 is 0 Å². The first-order chi connectivity index (χ1) is 12.2. The molecule has 2 N–H and O–H groups in total. The normalized spacial score (nSPS) is 20.2. The van der Waals surface area contributed by atoms with Gasteiger partial charge in [0.2, 0.25) is 5.91 Å². The van der Waals surface area contributed by atoms with Crippen LogP contribution in [0.25, 0.3) is 0 Å². The summed E-state index contributed by atoms with van der Waals surface area (Å²) in [6.45, 7) is 1.58. The molecule has 136 valence electrons. The Bertz CT molecular complexity index is 589. The molecule has 6 heteroatoms. The number of rotatable bonds is 6. The standard InChI is InChI=1S/C19H27N3O3/c20-12-18(23)21-11-5-4-8-17(21)13-22(16-9-10-16)19(24)25-14-15-6-2-1-3-7-15/h1-3,6-7,16-17H,4-5,8-14,20H2/t17-/m0/s1. The van der Waals surface area contributed by atoms with Crippen molar-refractivity contribution in [3.05, 3.63) is 35.9 Å². The fourth-order valence-electron chi connectivity index (χ4n) is 3.42. The maximum atomic E-state index is 12.6. The van der Waals surface area contributed by atoms with Gasteiger partial charge in [-0.1, -0.05) is 30.3 Å². The maximum Gasteiger partial charge on any atom is 0.410 e. The highest BCUT2D eigenvalue weighted by Gasteiger charge is 2.37. The summed E-state index contributed by atoms with van der Waals surface area (Å²) in [6.07, 6.45) is 4.74. The lowest BCUT2D eigenvalue weighted by atomic mass is 10.0. The van der Waals surface area contributed by atoms with E-state index in [1.165, 1.54) is 0 Å². The van der Waals surface area contributed by atoms with Crippen LogP contribution in [0.1, 0.15) is 37.7 Å². The van der Waals surface area contributed by atoms with E-state index >= 15 is 0 Å². The highest BCUT2D eigenvalue weighted by atomic mass is 16.6. The molecule has 2 amide bonds. The summed E-state index contributed by atoms with van der Waals surface area (Å²) < 4.78 is 5.51. The van der Waals surface area contributed by atoms with Crippen LogP contribution < -0.4 is 5.73 Å². The summed E-state index contributed by atoms with van der Waals surface area (Å²) in [6, 6.07) is 9.98. The van der Waals surface area contributed by atoms with Gasteiger partial charge >= 0.3 is 6.09 Å². The van der Waals surface area contributed by atoms with Gasteiger partial charge in [-0.2, -0.15) is 0 Å². The van der Waals surface area contributed by atoms with Gasteiger partial charge < -0.3 is 20.3 Å². The lowest BCUT2D eigenvalue weighted by Crippen LogP contribution is -2.52. The zero-order valence-electron chi connectivity index (χ0n) is 14.6. The van der Waals surface area contributed by atoms with E-state index in [0.717, 1.165) is 44.2 Å². The van der Waals surface area contributed by atoms with Gasteiger partial charge in [0.05, 0.1) is 6.54 Å². The zero-order chi connectivity index (χ0) is 17.6. The third-order valence-corrected chi connectivity index (χ3v) is 4.96. The van der Waals surface area contributed by atoms with Crippen LogP contribution in [-0.2, 0) is 16.1 Å². The molecule has 6 nitrogen and oxygen atoms in total. The molecule has 1 saturated heterocycles. The van der Waals surface area contributed by atoms with Crippen LogP contribution in [0.5, 0.6) is 0 Å². The summed E-state index contributed by atoms with van der Waals surface area (Å²) >= 11 is 0. The van der Waals surface area contributed by atoms with E-state index in [1.807, 2.05) is 40.1 Å². The van der Waals surface area contributed by atoms with Crippen LogP contribution in [0.2, 0.25) is 0 Å². The van der Waals surface area contributed by atoms with Crippen LogP contribution in [0.4, 0.5) is 4.79 Å². The second kappa shape index (κ2) is 8.34. The Morgan fingerprint density at radius 2 is 1.92 bits per heavy atom. The fraction of sp³-hybridized carbons (Fsp3) is 0.579. The Hall–Kier alpha value is -2.08. The monoisotopic (exact) mass is 345 g/mol. The van der Waals surface area contributed by atoms with Crippen molar-refractivity contribution in [3.63, 3.8) is 0 Å². The summed E-state index contributed by atoms with van der Waals surface area (Å²) in [4.78, 5) is 28.4. The second-order valence-corrected chi connectivity index (χ2v) is 6.86. The minimum Gasteiger partial charge on any atom is -0.445 e. The Kier molecular flexibility index (Phi) is 5.91. The molecule has 1 aromatic carbocycles. The summed E-state index contributed by atoms with van der Waals surface area (Å²) in [5.74, 6) is -0.0295. The molecular formula is C19H27N3O3. The van der Waals surface area contributed by atoms with Crippen LogP contribution in [0.3, 0.4) is 0 Å². The minimum atomic E-state index is -0.280. The number of carbonyl (C=O) groups excluding carboxylic acids is 2. The summed E-state index contributed by atoms with van der Waals surface area (Å²) in [7, 11) is 0. The molecule has 1 heterocycles. The van der Waals surface area contributed by atoms with Crippen LogP contribution in [0, 0.1) is 0 Å². The Morgan fingerprint density at radius 3 is 2.60 bits per heavy atom. The zero-order valence-corrected chi connectivity index (χ0v) is 14.6. The Labute approximate surface area is 148 Å². The molecule has 2 aliphatic rings. The minimum absolute atomic E-state index is 0.0262. The highest BCUT2D eigenvalue weighted by molar-refractivity contribution is 5.78. The topological polar surface area (TPSA) is 75.9 Å². The highest BCUT2D eigenvalue weighted by Crippen LogP contribution is 2.29. The van der Waals surface area contributed by atoms with E-state index in [-0.39, 0.29) is 37.2 Å². The van der Waals surface area contributed by atoms with Crippen molar-refractivity contribution in [2.45, 2.75) is 50.8 Å².